The SMILES string of the molecule is O=C(Cc1ccc(F)cc1)NCCOc1ccccc1Cl. The van der Waals surface area contributed by atoms with E-state index in [1.807, 2.05) is 12.1 Å². The minimum Gasteiger partial charge on any atom is -0.490 e. The van der Waals surface area contributed by atoms with Gasteiger partial charge < -0.3 is 10.1 Å². The zero-order valence-electron chi connectivity index (χ0n) is 11.3. The molecule has 0 fully saturated rings. The Morgan fingerprint density at radius 2 is 1.86 bits per heavy atom. The third kappa shape index (κ3) is 5.08. The van der Waals surface area contributed by atoms with Gasteiger partial charge in [0.15, 0.2) is 0 Å². The molecule has 1 amide bonds. The molecule has 2 aromatic carbocycles. The summed E-state index contributed by atoms with van der Waals surface area (Å²) in [5, 5.41) is 3.27. The molecule has 0 unspecified atom stereocenters. The van der Waals surface area contributed by atoms with Gasteiger partial charge in [-0.3, -0.25) is 4.79 Å². The average Bonchev–Trinajstić information content (AvgIpc) is 2.48. The number of carbonyl (C=O) groups is 1. The van der Waals surface area contributed by atoms with Crippen LogP contribution in [-0.2, 0) is 11.2 Å². The van der Waals surface area contributed by atoms with Gasteiger partial charge in [0.2, 0.25) is 5.91 Å². The number of amides is 1. The van der Waals surface area contributed by atoms with Crippen molar-refractivity contribution in [3.63, 3.8) is 0 Å². The van der Waals surface area contributed by atoms with E-state index in [2.05, 4.69) is 5.32 Å². The third-order valence-corrected chi connectivity index (χ3v) is 3.11. The summed E-state index contributed by atoms with van der Waals surface area (Å²) in [5.74, 6) is 0.142. The second kappa shape index (κ2) is 7.64. The molecular formula is C16H15ClFNO2. The summed E-state index contributed by atoms with van der Waals surface area (Å²) < 4.78 is 18.2. The van der Waals surface area contributed by atoms with Crippen molar-refractivity contribution in [2.45, 2.75) is 6.42 Å². The quantitative estimate of drug-likeness (QED) is 0.832. The summed E-state index contributed by atoms with van der Waals surface area (Å²) in [6.07, 6.45) is 0.215. The number of hydrogen-bond acceptors (Lipinski definition) is 2. The Labute approximate surface area is 127 Å². The van der Waals surface area contributed by atoms with Crippen molar-refractivity contribution < 1.29 is 13.9 Å². The Bertz CT molecular complexity index is 601. The van der Waals surface area contributed by atoms with Crippen molar-refractivity contribution in [3.05, 3.63) is 64.9 Å². The van der Waals surface area contributed by atoms with Gasteiger partial charge in [-0.25, -0.2) is 4.39 Å². The maximum atomic E-state index is 12.7. The van der Waals surface area contributed by atoms with Crippen molar-refractivity contribution in [2.24, 2.45) is 0 Å². The van der Waals surface area contributed by atoms with Crippen LogP contribution in [0.25, 0.3) is 0 Å². The number of benzene rings is 2. The highest BCUT2D eigenvalue weighted by atomic mass is 35.5. The lowest BCUT2D eigenvalue weighted by atomic mass is 10.1. The molecule has 0 aliphatic carbocycles. The first-order valence-electron chi connectivity index (χ1n) is 6.53. The number of halogens is 2. The minimum absolute atomic E-state index is 0.135. The van der Waals surface area contributed by atoms with Crippen LogP contribution < -0.4 is 10.1 Å². The monoisotopic (exact) mass is 307 g/mol. The third-order valence-electron chi connectivity index (χ3n) is 2.80. The lowest BCUT2D eigenvalue weighted by Gasteiger charge is -2.09. The minimum atomic E-state index is -0.313. The maximum absolute atomic E-state index is 12.7. The van der Waals surface area contributed by atoms with Gasteiger partial charge in [0.1, 0.15) is 18.2 Å². The Hall–Kier alpha value is -2.07. The zero-order chi connectivity index (χ0) is 15.1. The number of nitrogens with one attached hydrogen (secondary N) is 1. The summed E-state index contributed by atoms with van der Waals surface area (Å²) in [6, 6.07) is 13.0. The molecule has 2 aromatic rings. The fraction of sp³-hybridized carbons (Fsp3) is 0.188. The fourth-order valence-electron chi connectivity index (χ4n) is 1.76. The second-order valence-electron chi connectivity index (χ2n) is 4.43. The highest BCUT2D eigenvalue weighted by Crippen LogP contribution is 2.22. The molecule has 0 atom stereocenters. The lowest BCUT2D eigenvalue weighted by molar-refractivity contribution is -0.120. The van der Waals surface area contributed by atoms with Gasteiger partial charge in [-0.2, -0.15) is 0 Å². The van der Waals surface area contributed by atoms with Crippen molar-refractivity contribution >= 4 is 17.5 Å². The van der Waals surface area contributed by atoms with Gasteiger partial charge in [0.25, 0.3) is 0 Å². The molecule has 2 rings (SSSR count). The molecule has 1 N–H and O–H groups in total. The van der Waals surface area contributed by atoms with E-state index in [4.69, 9.17) is 16.3 Å². The average molecular weight is 308 g/mol. The summed E-state index contributed by atoms with van der Waals surface area (Å²) in [4.78, 5) is 11.7. The van der Waals surface area contributed by atoms with Gasteiger partial charge in [0.05, 0.1) is 18.0 Å². The number of para-hydroxylation sites is 1. The zero-order valence-corrected chi connectivity index (χ0v) is 12.1. The van der Waals surface area contributed by atoms with Crippen molar-refractivity contribution in [2.75, 3.05) is 13.2 Å². The van der Waals surface area contributed by atoms with Crippen molar-refractivity contribution in [3.8, 4) is 5.75 Å². The second-order valence-corrected chi connectivity index (χ2v) is 4.84. The van der Waals surface area contributed by atoms with E-state index in [9.17, 15) is 9.18 Å². The van der Waals surface area contributed by atoms with E-state index in [-0.39, 0.29) is 18.1 Å². The first-order valence-corrected chi connectivity index (χ1v) is 6.91. The molecule has 0 saturated carbocycles. The van der Waals surface area contributed by atoms with Gasteiger partial charge in [-0.15, -0.1) is 0 Å². The van der Waals surface area contributed by atoms with Gasteiger partial charge in [-0.1, -0.05) is 35.9 Å². The van der Waals surface area contributed by atoms with Crippen LogP contribution in [0.3, 0.4) is 0 Å². The molecule has 0 saturated heterocycles. The highest BCUT2D eigenvalue weighted by Gasteiger charge is 2.04. The molecular weight excluding hydrogens is 293 g/mol. The normalized spacial score (nSPS) is 10.2. The van der Waals surface area contributed by atoms with Crippen LogP contribution in [-0.4, -0.2) is 19.1 Å². The van der Waals surface area contributed by atoms with Crippen LogP contribution in [0.15, 0.2) is 48.5 Å². The van der Waals surface area contributed by atoms with Crippen LogP contribution in [0, 0.1) is 5.82 Å². The smallest absolute Gasteiger partial charge is 0.224 e. The van der Waals surface area contributed by atoms with Crippen LogP contribution in [0.2, 0.25) is 5.02 Å². The van der Waals surface area contributed by atoms with Gasteiger partial charge >= 0.3 is 0 Å². The summed E-state index contributed by atoms with van der Waals surface area (Å²) in [6.45, 7) is 0.712. The molecule has 0 aliphatic heterocycles. The van der Waals surface area contributed by atoms with Gasteiger partial charge in [-0.05, 0) is 29.8 Å². The predicted octanol–water partition coefficient (Wildman–Crippen LogP) is 3.22. The maximum Gasteiger partial charge on any atom is 0.224 e. The lowest BCUT2D eigenvalue weighted by Crippen LogP contribution is -2.29. The molecule has 0 heterocycles. The van der Waals surface area contributed by atoms with E-state index in [1.165, 1.54) is 12.1 Å². The van der Waals surface area contributed by atoms with Crippen LogP contribution in [0.5, 0.6) is 5.75 Å². The molecule has 21 heavy (non-hydrogen) atoms. The van der Waals surface area contributed by atoms with Crippen LogP contribution in [0.1, 0.15) is 5.56 Å². The fourth-order valence-corrected chi connectivity index (χ4v) is 1.95. The van der Waals surface area contributed by atoms with E-state index < -0.39 is 0 Å². The van der Waals surface area contributed by atoms with E-state index in [0.717, 1.165) is 5.56 Å². The standard InChI is InChI=1S/C16H15ClFNO2/c17-14-3-1-2-4-15(14)21-10-9-19-16(20)11-12-5-7-13(18)8-6-12/h1-8H,9-11H2,(H,19,20). The predicted molar refractivity (Wildman–Crippen MR) is 80.1 cm³/mol. The van der Waals surface area contributed by atoms with Gasteiger partial charge in [0, 0.05) is 0 Å². The summed E-state index contributed by atoms with van der Waals surface area (Å²) in [5.41, 5.74) is 0.765. The number of hydrogen-bond donors (Lipinski definition) is 1. The van der Waals surface area contributed by atoms with E-state index >= 15 is 0 Å². The Balaban J connectivity index is 1.70. The summed E-state index contributed by atoms with van der Waals surface area (Å²) >= 11 is 5.94. The first-order chi connectivity index (χ1) is 10.1. The molecule has 0 radical (unpaired) electrons. The first kappa shape index (κ1) is 15.3. The topological polar surface area (TPSA) is 38.3 Å². The van der Waals surface area contributed by atoms with Crippen LogP contribution >= 0.6 is 11.6 Å². The Kier molecular flexibility index (Phi) is 5.58. The molecule has 5 heteroatoms. The van der Waals surface area contributed by atoms with Crippen molar-refractivity contribution in [1.82, 2.24) is 5.32 Å². The molecule has 110 valence electrons. The van der Waals surface area contributed by atoms with Crippen molar-refractivity contribution in [1.29, 1.82) is 0 Å². The van der Waals surface area contributed by atoms with Crippen LogP contribution in [0.4, 0.5) is 4.39 Å². The highest BCUT2D eigenvalue weighted by molar-refractivity contribution is 6.32. The molecule has 0 bridgehead atoms. The molecule has 0 aromatic heterocycles. The van der Waals surface area contributed by atoms with E-state index in [0.29, 0.717) is 23.9 Å². The number of ether oxygens (including phenoxy) is 1. The summed E-state index contributed by atoms with van der Waals surface area (Å²) in [7, 11) is 0. The molecule has 0 aliphatic rings. The Morgan fingerprint density at radius 1 is 1.14 bits per heavy atom. The Morgan fingerprint density at radius 3 is 2.57 bits per heavy atom. The molecule has 3 nitrogen and oxygen atoms in total. The van der Waals surface area contributed by atoms with E-state index in [1.54, 1.807) is 24.3 Å². The molecule has 0 spiro atoms. The number of rotatable bonds is 6. The largest absolute Gasteiger partial charge is 0.490 e. The number of carbonyl (C=O) groups excluding carboxylic acids is 1.